The van der Waals surface area contributed by atoms with E-state index in [0.29, 0.717) is 31.7 Å². The van der Waals surface area contributed by atoms with Crippen molar-refractivity contribution in [1.29, 1.82) is 0 Å². The number of carbonyl (C=O) groups is 2. The Labute approximate surface area is 166 Å². The molecule has 0 aliphatic carbocycles. The van der Waals surface area contributed by atoms with Gasteiger partial charge in [-0.05, 0) is 43.7 Å². The standard InChI is InChI=1S/C23H28N2O3/c1-4-24(5-2)23(27)21-16-25(22(26)17-10-7-6-8-11-17)15-20(21)18-12-9-13-19(14-18)28-3/h6-14,20-21H,4-5,15-16H2,1-3H3. The molecule has 0 aromatic heterocycles. The van der Waals surface area contributed by atoms with E-state index in [-0.39, 0.29) is 23.7 Å². The van der Waals surface area contributed by atoms with Gasteiger partial charge in [-0.25, -0.2) is 0 Å². The van der Waals surface area contributed by atoms with Crippen LogP contribution in [-0.2, 0) is 4.79 Å². The maximum Gasteiger partial charge on any atom is 0.253 e. The second kappa shape index (κ2) is 8.91. The molecule has 2 amide bonds. The molecule has 1 saturated heterocycles. The van der Waals surface area contributed by atoms with Gasteiger partial charge in [0.05, 0.1) is 13.0 Å². The molecule has 1 aliphatic rings. The summed E-state index contributed by atoms with van der Waals surface area (Å²) in [6.07, 6.45) is 0. The molecular formula is C23H28N2O3. The zero-order valence-electron chi connectivity index (χ0n) is 16.8. The number of nitrogens with zero attached hydrogens (tertiary/aromatic N) is 2. The van der Waals surface area contributed by atoms with Gasteiger partial charge in [0.1, 0.15) is 5.75 Å². The lowest BCUT2D eigenvalue weighted by Crippen LogP contribution is -2.39. The summed E-state index contributed by atoms with van der Waals surface area (Å²) < 4.78 is 5.37. The summed E-state index contributed by atoms with van der Waals surface area (Å²) in [4.78, 5) is 29.9. The Bertz CT molecular complexity index is 818. The maximum atomic E-state index is 13.2. The molecule has 1 heterocycles. The number of likely N-dealkylation sites (tertiary alicyclic amines) is 1. The van der Waals surface area contributed by atoms with E-state index in [4.69, 9.17) is 4.74 Å². The highest BCUT2D eigenvalue weighted by molar-refractivity contribution is 5.95. The lowest BCUT2D eigenvalue weighted by molar-refractivity contribution is -0.135. The highest BCUT2D eigenvalue weighted by atomic mass is 16.5. The molecule has 5 heteroatoms. The van der Waals surface area contributed by atoms with Crippen LogP contribution in [0.4, 0.5) is 0 Å². The van der Waals surface area contributed by atoms with Gasteiger partial charge >= 0.3 is 0 Å². The molecule has 28 heavy (non-hydrogen) atoms. The van der Waals surface area contributed by atoms with Crippen LogP contribution in [0, 0.1) is 5.92 Å². The van der Waals surface area contributed by atoms with Gasteiger partial charge in [-0.2, -0.15) is 0 Å². The van der Waals surface area contributed by atoms with Crippen LogP contribution < -0.4 is 4.74 Å². The van der Waals surface area contributed by atoms with Crippen LogP contribution >= 0.6 is 0 Å². The van der Waals surface area contributed by atoms with Crippen LogP contribution in [0.1, 0.15) is 35.7 Å². The molecule has 1 fully saturated rings. The summed E-state index contributed by atoms with van der Waals surface area (Å²) in [6, 6.07) is 17.1. The fraction of sp³-hybridized carbons (Fsp3) is 0.391. The summed E-state index contributed by atoms with van der Waals surface area (Å²) in [7, 11) is 1.64. The second-order valence-corrected chi connectivity index (χ2v) is 7.08. The van der Waals surface area contributed by atoms with Gasteiger partial charge in [-0.1, -0.05) is 30.3 Å². The molecule has 2 aromatic rings. The molecular weight excluding hydrogens is 352 g/mol. The molecule has 3 rings (SSSR count). The van der Waals surface area contributed by atoms with Crippen molar-refractivity contribution in [1.82, 2.24) is 9.80 Å². The first kappa shape index (κ1) is 19.9. The Balaban J connectivity index is 1.92. The Kier molecular flexibility index (Phi) is 6.34. The molecule has 148 valence electrons. The fourth-order valence-corrected chi connectivity index (χ4v) is 3.96. The smallest absolute Gasteiger partial charge is 0.253 e. The molecule has 2 unspecified atom stereocenters. The first-order chi connectivity index (χ1) is 13.6. The van der Waals surface area contributed by atoms with Crippen LogP contribution in [0.2, 0.25) is 0 Å². The van der Waals surface area contributed by atoms with Crippen molar-refractivity contribution in [2.75, 3.05) is 33.3 Å². The predicted molar refractivity (Wildman–Crippen MR) is 109 cm³/mol. The second-order valence-electron chi connectivity index (χ2n) is 7.08. The third-order valence-electron chi connectivity index (χ3n) is 5.54. The molecule has 0 radical (unpaired) electrons. The van der Waals surface area contributed by atoms with Crippen molar-refractivity contribution in [2.45, 2.75) is 19.8 Å². The van der Waals surface area contributed by atoms with Crippen LogP contribution in [0.25, 0.3) is 0 Å². The molecule has 2 aromatic carbocycles. The highest BCUT2D eigenvalue weighted by Crippen LogP contribution is 2.36. The van der Waals surface area contributed by atoms with E-state index in [2.05, 4.69) is 0 Å². The average molecular weight is 380 g/mol. The van der Waals surface area contributed by atoms with Gasteiger partial charge < -0.3 is 14.5 Å². The Morgan fingerprint density at radius 3 is 2.39 bits per heavy atom. The number of ether oxygens (including phenoxy) is 1. The van der Waals surface area contributed by atoms with Crippen LogP contribution in [0.5, 0.6) is 5.75 Å². The largest absolute Gasteiger partial charge is 0.497 e. The van der Waals surface area contributed by atoms with Crippen molar-refractivity contribution in [3.05, 3.63) is 65.7 Å². The monoisotopic (exact) mass is 380 g/mol. The van der Waals surface area contributed by atoms with Gasteiger partial charge in [-0.3, -0.25) is 9.59 Å². The summed E-state index contributed by atoms with van der Waals surface area (Å²) >= 11 is 0. The highest BCUT2D eigenvalue weighted by Gasteiger charge is 2.41. The SMILES string of the molecule is CCN(CC)C(=O)C1CN(C(=O)c2ccccc2)CC1c1cccc(OC)c1. The number of rotatable bonds is 6. The summed E-state index contributed by atoms with van der Waals surface area (Å²) in [5.41, 5.74) is 1.69. The topological polar surface area (TPSA) is 49.9 Å². The Morgan fingerprint density at radius 1 is 1.04 bits per heavy atom. The van der Waals surface area contributed by atoms with E-state index < -0.39 is 0 Å². The number of amides is 2. The van der Waals surface area contributed by atoms with Crippen LogP contribution in [0.3, 0.4) is 0 Å². The van der Waals surface area contributed by atoms with E-state index in [1.165, 1.54) is 0 Å². The van der Waals surface area contributed by atoms with Crippen LogP contribution in [0.15, 0.2) is 54.6 Å². The molecule has 5 nitrogen and oxygen atoms in total. The third-order valence-corrected chi connectivity index (χ3v) is 5.54. The van der Waals surface area contributed by atoms with Gasteiger partial charge in [0.15, 0.2) is 0 Å². The summed E-state index contributed by atoms with van der Waals surface area (Å²) in [5.74, 6) is 0.555. The van der Waals surface area contributed by atoms with Crippen molar-refractivity contribution in [2.24, 2.45) is 5.92 Å². The van der Waals surface area contributed by atoms with E-state index in [1.54, 1.807) is 7.11 Å². The first-order valence-corrected chi connectivity index (χ1v) is 9.86. The first-order valence-electron chi connectivity index (χ1n) is 9.86. The molecule has 0 bridgehead atoms. The molecule has 0 N–H and O–H groups in total. The summed E-state index contributed by atoms with van der Waals surface area (Å²) in [6.45, 7) is 6.28. The normalized spacial score (nSPS) is 18.8. The quantitative estimate of drug-likeness (QED) is 0.772. The van der Waals surface area contributed by atoms with E-state index in [1.807, 2.05) is 78.2 Å². The maximum absolute atomic E-state index is 13.2. The van der Waals surface area contributed by atoms with Gasteiger partial charge in [0, 0.05) is 37.7 Å². The average Bonchev–Trinajstić information content (AvgIpc) is 3.20. The van der Waals surface area contributed by atoms with E-state index in [9.17, 15) is 9.59 Å². The predicted octanol–water partition coefficient (Wildman–Crippen LogP) is 3.42. The molecule has 0 spiro atoms. The fourth-order valence-electron chi connectivity index (χ4n) is 3.96. The van der Waals surface area contributed by atoms with Crippen molar-refractivity contribution in [3.63, 3.8) is 0 Å². The van der Waals surface area contributed by atoms with Crippen molar-refractivity contribution >= 4 is 11.8 Å². The van der Waals surface area contributed by atoms with Crippen molar-refractivity contribution < 1.29 is 14.3 Å². The number of benzene rings is 2. The lowest BCUT2D eigenvalue weighted by Gasteiger charge is -2.26. The number of hydrogen-bond acceptors (Lipinski definition) is 3. The lowest BCUT2D eigenvalue weighted by atomic mass is 9.88. The van der Waals surface area contributed by atoms with E-state index >= 15 is 0 Å². The minimum absolute atomic E-state index is 0.0247. The van der Waals surface area contributed by atoms with E-state index in [0.717, 1.165) is 11.3 Å². The number of methoxy groups -OCH3 is 1. The molecule has 1 aliphatic heterocycles. The zero-order valence-corrected chi connectivity index (χ0v) is 16.8. The zero-order chi connectivity index (χ0) is 20.1. The Morgan fingerprint density at radius 2 is 1.75 bits per heavy atom. The number of carbonyl (C=O) groups excluding carboxylic acids is 2. The minimum atomic E-state index is -0.250. The third kappa shape index (κ3) is 4.03. The van der Waals surface area contributed by atoms with Crippen LogP contribution in [-0.4, -0.2) is 54.9 Å². The Hall–Kier alpha value is -2.82. The van der Waals surface area contributed by atoms with Gasteiger partial charge in [-0.15, -0.1) is 0 Å². The molecule has 2 atom stereocenters. The number of hydrogen-bond donors (Lipinski definition) is 0. The minimum Gasteiger partial charge on any atom is -0.497 e. The molecule has 0 saturated carbocycles. The van der Waals surface area contributed by atoms with Gasteiger partial charge in [0.2, 0.25) is 5.91 Å². The van der Waals surface area contributed by atoms with Crippen molar-refractivity contribution in [3.8, 4) is 5.75 Å². The summed E-state index contributed by atoms with van der Waals surface area (Å²) in [5, 5.41) is 0. The van der Waals surface area contributed by atoms with Gasteiger partial charge in [0.25, 0.3) is 5.91 Å².